The number of aromatic nitrogens is 2. The number of nitrogens with zero attached hydrogens (tertiary/aromatic N) is 1. The summed E-state index contributed by atoms with van der Waals surface area (Å²) in [6.45, 7) is -0.892. The highest BCUT2D eigenvalue weighted by atomic mass is 16.4. The van der Waals surface area contributed by atoms with E-state index in [4.69, 9.17) is 16.6 Å². The van der Waals surface area contributed by atoms with Crippen molar-refractivity contribution >= 4 is 29.6 Å². The van der Waals surface area contributed by atoms with Crippen LogP contribution < -0.4 is 27.4 Å². The molecule has 0 saturated carbocycles. The zero-order chi connectivity index (χ0) is 27.5. The number of nitrogens with two attached hydrogens (primary N) is 2. The van der Waals surface area contributed by atoms with Crippen LogP contribution in [-0.2, 0) is 36.8 Å². The highest BCUT2D eigenvalue weighted by Crippen LogP contribution is 2.12. The van der Waals surface area contributed by atoms with E-state index in [0.717, 1.165) is 0 Å². The summed E-state index contributed by atoms with van der Waals surface area (Å²) < 4.78 is 0. The number of rotatable bonds is 14. The lowest BCUT2D eigenvalue weighted by Gasteiger charge is -2.25. The number of aliphatic carboxylic acids is 1. The van der Waals surface area contributed by atoms with Crippen LogP contribution in [0.1, 0.15) is 17.7 Å². The number of hydrogen-bond donors (Lipinski definition) is 9. The smallest absolute Gasteiger partial charge is 0.328 e. The molecular formula is C22H29N7O8. The van der Waals surface area contributed by atoms with E-state index in [1.54, 1.807) is 0 Å². The van der Waals surface area contributed by atoms with E-state index in [0.29, 0.717) is 11.3 Å². The van der Waals surface area contributed by atoms with Crippen LogP contribution in [0.3, 0.4) is 0 Å². The van der Waals surface area contributed by atoms with E-state index in [-0.39, 0.29) is 18.6 Å². The Balaban J connectivity index is 2.27. The summed E-state index contributed by atoms with van der Waals surface area (Å²) in [4.78, 5) is 67.6. The fourth-order valence-electron chi connectivity index (χ4n) is 3.22. The molecule has 0 aliphatic rings. The fourth-order valence-corrected chi connectivity index (χ4v) is 3.22. The number of phenolic OH excluding ortho intramolecular Hbond substituents is 1. The molecule has 15 heteroatoms. The minimum absolute atomic E-state index is 0.0327. The molecule has 2 rings (SSSR count). The maximum atomic E-state index is 13.2. The number of imidazole rings is 1. The van der Waals surface area contributed by atoms with Gasteiger partial charge in [0.05, 0.1) is 25.4 Å². The van der Waals surface area contributed by atoms with E-state index < -0.39 is 66.8 Å². The third-order valence-electron chi connectivity index (χ3n) is 5.18. The van der Waals surface area contributed by atoms with Crippen molar-refractivity contribution in [3.8, 4) is 5.75 Å². The molecule has 200 valence electrons. The fraction of sp³-hybridized carbons (Fsp3) is 0.364. The minimum atomic E-state index is -1.63. The largest absolute Gasteiger partial charge is 0.508 e. The van der Waals surface area contributed by atoms with Gasteiger partial charge in [-0.25, -0.2) is 9.78 Å². The number of amides is 4. The van der Waals surface area contributed by atoms with Gasteiger partial charge < -0.3 is 47.7 Å². The molecule has 0 saturated heterocycles. The van der Waals surface area contributed by atoms with Crippen LogP contribution in [0, 0.1) is 0 Å². The normalized spacial score (nSPS) is 14.0. The second-order valence-corrected chi connectivity index (χ2v) is 8.13. The van der Waals surface area contributed by atoms with E-state index in [1.165, 1.54) is 36.8 Å². The van der Waals surface area contributed by atoms with Crippen LogP contribution in [0.2, 0.25) is 0 Å². The molecule has 2 aromatic rings. The van der Waals surface area contributed by atoms with Crippen molar-refractivity contribution in [1.82, 2.24) is 25.9 Å². The van der Waals surface area contributed by atoms with Crippen LogP contribution >= 0.6 is 0 Å². The number of aliphatic hydroxyl groups excluding tert-OH is 1. The van der Waals surface area contributed by atoms with Gasteiger partial charge in [-0.1, -0.05) is 12.1 Å². The molecule has 1 heterocycles. The summed E-state index contributed by atoms with van der Waals surface area (Å²) in [5, 5.41) is 35.0. The number of carbonyl (C=O) groups is 5. The number of phenols is 1. The SMILES string of the molecule is NC(=O)CC(N)C(=O)NC(Cc1cnc[nH]1)C(=O)NC(Cc1ccc(O)cc1)C(=O)NC(CO)C(=O)O. The number of benzene rings is 1. The van der Waals surface area contributed by atoms with Crippen molar-refractivity contribution < 1.29 is 39.3 Å². The predicted octanol–water partition coefficient (Wildman–Crippen LogP) is -3.37. The molecule has 0 radical (unpaired) electrons. The maximum absolute atomic E-state index is 13.2. The highest BCUT2D eigenvalue weighted by Gasteiger charge is 2.31. The Morgan fingerprint density at radius 3 is 2.00 bits per heavy atom. The number of aromatic hydroxyl groups is 1. The van der Waals surface area contributed by atoms with E-state index in [1.807, 2.05) is 0 Å². The Labute approximate surface area is 210 Å². The number of primary amides is 1. The van der Waals surface area contributed by atoms with Gasteiger partial charge in [-0.05, 0) is 17.7 Å². The second kappa shape index (κ2) is 13.6. The molecule has 4 amide bonds. The molecule has 0 fully saturated rings. The number of H-pyrrole nitrogens is 1. The van der Waals surface area contributed by atoms with Crippen LogP contribution in [-0.4, -0.2) is 85.7 Å². The Bertz CT molecular complexity index is 1090. The van der Waals surface area contributed by atoms with Crippen LogP contribution in [0.25, 0.3) is 0 Å². The van der Waals surface area contributed by atoms with Gasteiger partial charge in [0.2, 0.25) is 23.6 Å². The number of nitrogens with one attached hydrogen (secondary N) is 4. The molecule has 4 atom stereocenters. The monoisotopic (exact) mass is 519 g/mol. The Morgan fingerprint density at radius 1 is 0.919 bits per heavy atom. The average Bonchev–Trinajstić information content (AvgIpc) is 3.35. The lowest BCUT2D eigenvalue weighted by atomic mass is 10.0. The van der Waals surface area contributed by atoms with Crippen LogP contribution in [0.15, 0.2) is 36.8 Å². The Morgan fingerprint density at radius 2 is 1.49 bits per heavy atom. The molecule has 0 bridgehead atoms. The summed E-state index contributed by atoms with van der Waals surface area (Å²) in [5.41, 5.74) is 11.7. The maximum Gasteiger partial charge on any atom is 0.328 e. The molecule has 0 aliphatic heterocycles. The van der Waals surface area contributed by atoms with Crippen molar-refractivity contribution in [3.05, 3.63) is 48.0 Å². The molecule has 1 aromatic heterocycles. The first kappa shape index (κ1) is 28.7. The first-order valence-corrected chi connectivity index (χ1v) is 11.0. The zero-order valence-electron chi connectivity index (χ0n) is 19.6. The van der Waals surface area contributed by atoms with Gasteiger partial charge in [-0.15, -0.1) is 0 Å². The van der Waals surface area contributed by atoms with Gasteiger partial charge >= 0.3 is 5.97 Å². The van der Waals surface area contributed by atoms with E-state index >= 15 is 0 Å². The topological polar surface area (TPSA) is 263 Å². The van der Waals surface area contributed by atoms with Gasteiger partial charge in [0.15, 0.2) is 0 Å². The molecule has 37 heavy (non-hydrogen) atoms. The molecule has 15 nitrogen and oxygen atoms in total. The summed E-state index contributed by atoms with van der Waals surface area (Å²) in [7, 11) is 0. The third kappa shape index (κ3) is 9.23. The molecule has 0 aliphatic carbocycles. The van der Waals surface area contributed by atoms with Crippen LogP contribution in [0.5, 0.6) is 5.75 Å². The first-order valence-electron chi connectivity index (χ1n) is 11.0. The number of aromatic amines is 1. The van der Waals surface area contributed by atoms with Gasteiger partial charge in [0.25, 0.3) is 0 Å². The molecule has 4 unspecified atom stereocenters. The lowest BCUT2D eigenvalue weighted by Crippen LogP contribution is -2.58. The number of aliphatic hydroxyl groups is 1. The Kier molecular flexibility index (Phi) is 10.5. The minimum Gasteiger partial charge on any atom is -0.508 e. The standard InChI is InChI=1S/C22H29N7O8/c23-14(7-18(24)32)19(33)27-16(6-12-8-25-10-26-12)21(35)28-15(5-11-1-3-13(31)4-2-11)20(34)29-17(9-30)22(36)37/h1-4,8,10,14-17,30-31H,5-7,9,23H2,(H2,24,32)(H,25,26)(H,27,33)(H,28,35)(H,29,34)(H,36,37). The molecule has 1 aromatic carbocycles. The van der Waals surface area contributed by atoms with Gasteiger partial charge in [0.1, 0.15) is 23.9 Å². The average molecular weight is 520 g/mol. The number of carbonyl (C=O) groups excluding carboxylic acids is 4. The molecule has 0 spiro atoms. The van der Waals surface area contributed by atoms with Gasteiger partial charge in [0, 0.05) is 24.7 Å². The summed E-state index contributed by atoms with van der Waals surface area (Å²) >= 11 is 0. The van der Waals surface area contributed by atoms with E-state index in [9.17, 15) is 34.2 Å². The number of carboxylic acid groups (broad SMARTS) is 1. The van der Waals surface area contributed by atoms with Crippen molar-refractivity contribution in [2.75, 3.05) is 6.61 Å². The number of hydrogen-bond acceptors (Lipinski definition) is 9. The number of carboxylic acids is 1. The summed E-state index contributed by atoms with van der Waals surface area (Å²) in [5.74, 6) is -4.93. The van der Waals surface area contributed by atoms with Crippen molar-refractivity contribution in [3.63, 3.8) is 0 Å². The summed E-state index contributed by atoms with van der Waals surface area (Å²) in [6, 6.07) is 0.138. The third-order valence-corrected chi connectivity index (χ3v) is 5.18. The first-order chi connectivity index (χ1) is 17.5. The lowest BCUT2D eigenvalue weighted by molar-refractivity contribution is -0.143. The van der Waals surface area contributed by atoms with Crippen molar-refractivity contribution in [2.24, 2.45) is 11.5 Å². The van der Waals surface area contributed by atoms with E-state index in [2.05, 4.69) is 25.9 Å². The molecule has 11 N–H and O–H groups in total. The van der Waals surface area contributed by atoms with Gasteiger partial charge in [-0.2, -0.15) is 0 Å². The quantitative estimate of drug-likeness (QED) is 0.120. The van der Waals surface area contributed by atoms with Gasteiger partial charge in [-0.3, -0.25) is 19.2 Å². The predicted molar refractivity (Wildman–Crippen MR) is 126 cm³/mol. The van der Waals surface area contributed by atoms with Crippen LogP contribution in [0.4, 0.5) is 0 Å². The molecular weight excluding hydrogens is 490 g/mol. The summed E-state index contributed by atoms with van der Waals surface area (Å²) in [6.07, 6.45) is 2.08. The zero-order valence-corrected chi connectivity index (χ0v) is 19.6. The highest BCUT2D eigenvalue weighted by molar-refractivity contribution is 5.95. The second-order valence-electron chi connectivity index (χ2n) is 8.13. The van der Waals surface area contributed by atoms with Crippen molar-refractivity contribution in [2.45, 2.75) is 43.4 Å². The van der Waals surface area contributed by atoms with Crippen molar-refractivity contribution in [1.29, 1.82) is 0 Å². The Hall–Kier alpha value is -4.50.